The van der Waals surface area contributed by atoms with Crippen molar-refractivity contribution in [1.29, 1.82) is 0 Å². The Morgan fingerprint density at radius 1 is 1.43 bits per heavy atom. The van der Waals surface area contributed by atoms with Gasteiger partial charge in [0.25, 0.3) is 5.91 Å². The lowest BCUT2D eigenvalue weighted by Gasteiger charge is -2.39. The second-order valence-electron chi connectivity index (χ2n) is 5.77. The van der Waals surface area contributed by atoms with Crippen LogP contribution in [0.5, 0.6) is 0 Å². The third-order valence-corrected chi connectivity index (χ3v) is 4.49. The van der Waals surface area contributed by atoms with Crippen LogP contribution >= 0.6 is 23.2 Å². The number of piperidine rings is 1. The summed E-state index contributed by atoms with van der Waals surface area (Å²) in [6.45, 7) is 1.65. The molecule has 1 heterocycles. The molecule has 1 aromatic carbocycles. The molecule has 2 unspecified atom stereocenters. The van der Waals surface area contributed by atoms with Gasteiger partial charge >= 0.3 is 0 Å². The number of carbonyl (C=O) groups is 2. The van der Waals surface area contributed by atoms with Crippen molar-refractivity contribution in [2.24, 2.45) is 0 Å². The summed E-state index contributed by atoms with van der Waals surface area (Å²) in [7, 11) is 0. The first-order valence-corrected chi connectivity index (χ1v) is 7.88. The molecule has 0 spiro atoms. The molecule has 1 aliphatic heterocycles. The molecule has 23 heavy (non-hydrogen) atoms. The number of nitrogens with zero attached hydrogens (tertiary/aromatic N) is 1. The lowest BCUT2D eigenvalue weighted by molar-refractivity contribution is -0.145. The molecule has 3 N–H and O–H groups in total. The number of hydrogen-bond acceptors (Lipinski definition) is 4. The summed E-state index contributed by atoms with van der Waals surface area (Å²) in [6.07, 6.45) is -0.744. The number of benzene rings is 1. The van der Waals surface area contributed by atoms with Crippen molar-refractivity contribution < 1.29 is 19.8 Å². The Labute approximate surface area is 144 Å². The predicted octanol–water partition coefficient (Wildman–Crippen LogP) is 1.07. The van der Waals surface area contributed by atoms with Crippen LogP contribution in [0.2, 0.25) is 10.0 Å². The first-order chi connectivity index (χ1) is 10.7. The van der Waals surface area contributed by atoms with Crippen LogP contribution in [0.15, 0.2) is 18.2 Å². The highest BCUT2D eigenvalue weighted by molar-refractivity contribution is 6.35. The maximum absolute atomic E-state index is 12.1. The first kappa shape index (κ1) is 18.0. The fraction of sp³-hybridized carbons (Fsp3) is 0.467. The summed E-state index contributed by atoms with van der Waals surface area (Å²) in [5, 5.41) is 22.8. The number of β-amino-alcohol motifs (C(OH)–C–C–N with tert-alkyl or cyclic N) is 1. The fourth-order valence-corrected chi connectivity index (χ4v) is 2.66. The minimum Gasteiger partial charge on any atom is -0.388 e. The minimum absolute atomic E-state index is 0.0274. The van der Waals surface area contributed by atoms with Crippen LogP contribution in [0.3, 0.4) is 0 Å². The van der Waals surface area contributed by atoms with Gasteiger partial charge in [0.15, 0.2) is 0 Å². The second-order valence-corrected chi connectivity index (χ2v) is 6.61. The smallest absolute Gasteiger partial charge is 0.253 e. The number of nitrogens with one attached hydrogen (secondary N) is 1. The van der Waals surface area contributed by atoms with Gasteiger partial charge in [0, 0.05) is 18.1 Å². The van der Waals surface area contributed by atoms with Crippen LogP contribution in [0, 0.1) is 0 Å². The van der Waals surface area contributed by atoms with Gasteiger partial charge in [-0.1, -0.05) is 23.2 Å². The van der Waals surface area contributed by atoms with Crippen molar-refractivity contribution in [2.45, 2.75) is 25.0 Å². The van der Waals surface area contributed by atoms with Crippen molar-refractivity contribution >= 4 is 35.0 Å². The standard InChI is InChI=1S/C15H18Cl2N2O4/c1-15(23)4-5-19(8-12(15)20)13(21)7-18-14(22)10-6-9(16)2-3-11(10)17/h2-3,6,12,20,23H,4-5,7-8H2,1H3,(H,18,22). The third-order valence-electron chi connectivity index (χ3n) is 3.92. The molecule has 0 aromatic heterocycles. The van der Waals surface area contributed by atoms with Crippen molar-refractivity contribution in [3.63, 3.8) is 0 Å². The van der Waals surface area contributed by atoms with Gasteiger partial charge in [-0.2, -0.15) is 0 Å². The molecule has 1 aliphatic rings. The molecule has 126 valence electrons. The van der Waals surface area contributed by atoms with Crippen LogP contribution in [-0.4, -0.2) is 58.3 Å². The molecule has 0 saturated carbocycles. The van der Waals surface area contributed by atoms with E-state index in [1.54, 1.807) is 6.07 Å². The molecule has 8 heteroatoms. The Bertz CT molecular complexity index is 621. The molecule has 1 aromatic rings. The Morgan fingerprint density at radius 3 is 2.78 bits per heavy atom. The maximum Gasteiger partial charge on any atom is 0.253 e. The minimum atomic E-state index is -1.20. The number of aliphatic hydroxyl groups excluding tert-OH is 1. The van der Waals surface area contributed by atoms with Gasteiger partial charge in [-0.15, -0.1) is 0 Å². The van der Waals surface area contributed by atoms with Crippen LogP contribution in [0.1, 0.15) is 23.7 Å². The quantitative estimate of drug-likeness (QED) is 0.751. The molecule has 0 aliphatic carbocycles. The molecule has 6 nitrogen and oxygen atoms in total. The normalized spacial score (nSPS) is 24.4. The molecular formula is C15H18Cl2N2O4. The van der Waals surface area contributed by atoms with Gasteiger partial charge in [0.2, 0.25) is 5.91 Å². The van der Waals surface area contributed by atoms with Gasteiger partial charge < -0.3 is 20.4 Å². The third kappa shape index (κ3) is 4.35. The number of aliphatic hydroxyl groups is 2. The topological polar surface area (TPSA) is 89.9 Å². The van der Waals surface area contributed by atoms with Crippen LogP contribution in [0.25, 0.3) is 0 Å². The average Bonchev–Trinajstić information content (AvgIpc) is 2.49. The van der Waals surface area contributed by atoms with E-state index >= 15 is 0 Å². The van der Waals surface area contributed by atoms with E-state index in [0.29, 0.717) is 11.6 Å². The molecule has 1 saturated heterocycles. The number of halogens is 2. The summed E-state index contributed by atoms with van der Waals surface area (Å²) >= 11 is 11.8. The highest BCUT2D eigenvalue weighted by atomic mass is 35.5. The first-order valence-electron chi connectivity index (χ1n) is 7.12. The SMILES string of the molecule is CC1(O)CCN(C(=O)CNC(=O)c2cc(Cl)ccc2Cl)CC1O. The molecule has 0 radical (unpaired) electrons. The highest BCUT2D eigenvalue weighted by Gasteiger charge is 2.37. The largest absolute Gasteiger partial charge is 0.388 e. The lowest BCUT2D eigenvalue weighted by Crippen LogP contribution is -2.56. The van der Waals surface area contributed by atoms with Gasteiger partial charge in [0.05, 0.1) is 28.8 Å². The number of rotatable bonds is 3. The fourth-order valence-electron chi connectivity index (χ4n) is 2.29. The van der Waals surface area contributed by atoms with E-state index in [2.05, 4.69) is 5.32 Å². The summed E-state index contributed by atoms with van der Waals surface area (Å²) < 4.78 is 0. The number of likely N-dealkylation sites (tertiary alicyclic amines) is 1. The van der Waals surface area contributed by atoms with Crippen molar-refractivity contribution in [3.8, 4) is 0 Å². The van der Waals surface area contributed by atoms with Crippen LogP contribution in [-0.2, 0) is 4.79 Å². The van der Waals surface area contributed by atoms with E-state index < -0.39 is 17.6 Å². The zero-order valence-electron chi connectivity index (χ0n) is 12.6. The van der Waals surface area contributed by atoms with Crippen LogP contribution in [0.4, 0.5) is 0 Å². The van der Waals surface area contributed by atoms with Gasteiger partial charge in [-0.3, -0.25) is 9.59 Å². The van der Waals surface area contributed by atoms with E-state index in [1.165, 1.54) is 24.0 Å². The zero-order valence-corrected chi connectivity index (χ0v) is 14.1. The maximum atomic E-state index is 12.1. The highest BCUT2D eigenvalue weighted by Crippen LogP contribution is 2.22. The Kier molecular flexibility index (Phi) is 5.52. The predicted molar refractivity (Wildman–Crippen MR) is 86.6 cm³/mol. The summed E-state index contributed by atoms with van der Waals surface area (Å²) in [5.74, 6) is -0.846. The Hall–Kier alpha value is -1.34. The average molecular weight is 361 g/mol. The summed E-state index contributed by atoms with van der Waals surface area (Å²) in [6, 6.07) is 4.49. The molecule has 1 fully saturated rings. The van der Waals surface area contributed by atoms with Crippen molar-refractivity contribution in [1.82, 2.24) is 10.2 Å². The van der Waals surface area contributed by atoms with Crippen LogP contribution < -0.4 is 5.32 Å². The van der Waals surface area contributed by atoms with Gasteiger partial charge in [-0.25, -0.2) is 0 Å². The van der Waals surface area contributed by atoms with E-state index in [4.69, 9.17) is 23.2 Å². The molecule has 2 atom stereocenters. The van der Waals surface area contributed by atoms with E-state index in [0.717, 1.165) is 0 Å². The van der Waals surface area contributed by atoms with Crippen molar-refractivity contribution in [2.75, 3.05) is 19.6 Å². The number of amides is 2. The summed E-state index contributed by atoms with van der Waals surface area (Å²) in [4.78, 5) is 25.6. The lowest BCUT2D eigenvalue weighted by atomic mass is 9.91. The molecule has 0 bridgehead atoms. The molecule has 2 amide bonds. The molecular weight excluding hydrogens is 343 g/mol. The second kappa shape index (κ2) is 7.05. The number of carbonyl (C=O) groups excluding carboxylic acids is 2. The number of hydrogen-bond donors (Lipinski definition) is 3. The van der Waals surface area contributed by atoms with Gasteiger partial charge in [-0.05, 0) is 31.5 Å². The Morgan fingerprint density at radius 2 is 2.13 bits per heavy atom. The van der Waals surface area contributed by atoms with E-state index in [-0.39, 0.29) is 36.0 Å². The zero-order chi connectivity index (χ0) is 17.2. The summed E-state index contributed by atoms with van der Waals surface area (Å²) in [5.41, 5.74) is -1.01. The monoisotopic (exact) mass is 360 g/mol. The molecule has 2 rings (SSSR count). The van der Waals surface area contributed by atoms with Crippen molar-refractivity contribution in [3.05, 3.63) is 33.8 Å². The van der Waals surface area contributed by atoms with E-state index in [9.17, 15) is 19.8 Å². The Balaban J connectivity index is 1.92. The van der Waals surface area contributed by atoms with Gasteiger partial charge in [0.1, 0.15) is 0 Å². The van der Waals surface area contributed by atoms with E-state index in [1.807, 2.05) is 0 Å².